The Hall–Kier alpha value is -4.79. The Labute approximate surface area is 226 Å². The van der Waals surface area contributed by atoms with Gasteiger partial charge < -0.3 is 30.4 Å². The lowest BCUT2D eigenvalue weighted by Gasteiger charge is -2.15. The largest absolute Gasteiger partial charge is 0.497 e. The third-order valence-electron chi connectivity index (χ3n) is 6.42. The summed E-state index contributed by atoms with van der Waals surface area (Å²) < 4.78 is 12.4. The van der Waals surface area contributed by atoms with Gasteiger partial charge in [0.2, 0.25) is 11.3 Å². The van der Waals surface area contributed by atoms with Gasteiger partial charge in [-0.3, -0.25) is 14.4 Å². The maximum atomic E-state index is 13.3. The first-order chi connectivity index (χ1) is 18.9. The van der Waals surface area contributed by atoms with Crippen LogP contribution in [0.5, 0.6) is 11.5 Å². The van der Waals surface area contributed by atoms with E-state index >= 15 is 0 Å². The van der Waals surface area contributed by atoms with Crippen LogP contribution in [0.1, 0.15) is 36.0 Å². The minimum Gasteiger partial charge on any atom is -0.497 e. The lowest BCUT2D eigenvalue weighted by Crippen LogP contribution is -2.24. The van der Waals surface area contributed by atoms with E-state index < -0.39 is 5.91 Å². The zero-order chi connectivity index (χ0) is 27.8. The number of nitrogen functional groups attached to an aromatic ring is 1. The number of amides is 2. The maximum absolute atomic E-state index is 13.3. The molecular formula is C30H32N4O5. The molecule has 3 aromatic carbocycles. The van der Waals surface area contributed by atoms with Crippen molar-refractivity contribution in [1.29, 1.82) is 0 Å². The fourth-order valence-electron chi connectivity index (χ4n) is 4.29. The summed E-state index contributed by atoms with van der Waals surface area (Å²) in [6.45, 7) is 0.569. The minimum absolute atomic E-state index is 0.0337. The maximum Gasteiger partial charge on any atom is 0.261 e. The predicted molar refractivity (Wildman–Crippen MR) is 154 cm³/mol. The number of nitrogens with two attached hydrogens (primary N) is 1. The van der Waals surface area contributed by atoms with E-state index in [9.17, 15) is 14.4 Å². The van der Waals surface area contributed by atoms with Gasteiger partial charge in [0.15, 0.2) is 0 Å². The summed E-state index contributed by atoms with van der Waals surface area (Å²) in [6, 6.07) is 19.3. The molecule has 4 rings (SSSR count). The summed E-state index contributed by atoms with van der Waals surface area (Å²) in [6.07, 6.45) is 4.20. The summed E-state index contributed by atoms with van der Waals surface area (Å²) in [4.78, 5) is 38.7. The molecule has 0 aliphatic heterocycles. The number of aromatic nitrogens is 1. The fourth-order valence-corrected chi connectivity index (χ4v) is 4.29. The van der Waals surface area contributed by atoms with E-state index in [0.717, 1.165) is 12.8 Å². The smallest absolute Gasteiger partial charge is 0.261 e. The van der Waals surface area contributed by atoms with Crippen molar-refractivity contribution < 1.29 is 19.1 Å². The van der Waals surface area contributed by atoms with Crippen LogP contribution in [0.4, 0.5) is 17.1 Å². The molecule has 0 aliphatic carbocycles. The van der Waals surface area contributed by atoms with Crippen molar-refractivity contribution in [3.05, 3.63) is 88.7 Å². The Morgan fingerprint density at radius 1 is 0.872 bits per heavy atom. The van der Waals surface area contributed by atoms with Crippen LogP contribution in [0.15, 0.2) is 77.7 Å². The molecule has 0 aliphatic rings. The first-order valence-corrected chi connectivity index (χ1v) is 12.7. The molecule has 0 radical (unpaired) electrons. The molecule has 0 bridgehead atoms. The summed E-state index contributed by atoms with van der Waals surface area (Å²) in [5, 5.41) is 6.03. The Morgan fingerprint density at radius 3 is 2.31 bits per heavy atom. The number of methoxy groups -OCH3 is 2. The number of carbonyl (C=O) groups excluding carboxylic acids is 2. The van der Waals surface area contributed by atoms with Crippen LogP contribution in [0.25, 0.3) is 10.9 Å². The second kappa shape index (κ2) is 12.6. The van der Waals surface area contributed by atoms with Crippen LogP contribution in [0.2, 0.25) is 0 Å². The van der Waals surface area contributed by atoms with Crippen LogP contribution in [-0.2, 0) is 11.3 Å². The lowest BCUT2D eigenvalue weighted by atomic mass is 10.1. The Bertz CT molecular complexity index is 1530. The first-order valence-electron chi connectivity index (χ1n) is 12.7. The van der Waals surface area contributed by atoms with Gasteiger partial charge in [0.05, 0.1) is 36.5 Å². The number of carbonyl (C=O) groups is 2. The van der Waals surface area contributed by atoms with Crippen molar-refractivity contribution in [2.45, 2.75) is 32.2 Å². The van der Waals surface area contributed by atoms with Crippen molar-refractivity contribution in [1.82, 2.24) is 4.57 Å². The zero-order valence-corrected chi connectivity index (χ0v) is 22.0. The second-order valence-electron chi connectivity index (χ2n) is 9.08. The molecule has 1 aromatic heterocycles. The third-order valence-corrected chi connectivity index (χ3v) is 6.42. The molecule has 1 heterocycles. The predicted octanol–water partition coefficient (Wildman–Crippen LogP) is 5.05. The molecule has 0 unspecified atom stereocenters. The number of hydrogen-bond acceptors (Lipinski definition) is 6. The van der Waals surface area contributed by atoms with E-state index in [4.69, 9.17) is 15.2 Å². The van der Waals surface area contributed by atoms with Crippen molar-refractivity contribution in [3.63, 3.8) is 0 Å². The quantitative estimate of drug-likeness (QED) is 0.185. The molecule has 9 heteroatoms. The molecule has 0 atom stereocenters. The highest BCUT2D eigenvalue weighted by Gasteiger charge is 2.17. The number of aryl methyl sites for hydroxylation is 1. The van der Waals surface area contributed by atoms with Crippen molar-refractivity contribution in [3.8, 4) is 11.5 Å². The molecule has 39 heavy (non-hydrogen) atoms. The normalized spacial score (nSPS) is 10.7. The van der Waals surface area contributed by atoms with E-state index in [1.165, 1.54) is 7.11 Å². The molecule has 9 nitrogen and oxygen atoms in total. The average Bonchev–Trinajstić information content (AvgIpc) is 2.95. The Morgan fingerprint density at radius 2 is 1.59 bits per heavy atom. The molecular weight excluding hydrogens is 496 g/mol. The van der Waals surface area contributed by atoms with Gasteiger partial charge in [0, 0.05) is 24.8 Å². The minimum atomic E-state index is -0.500. The number of anilines is 3. The van der Waals surface area contributed by atoms with E-state index in [1.54, 1.807) is 61.8 Å². The van der Waals surface area contributed by atoms with Crippen LogP contribution >= 0.6 is 0 Å². The molecule has 2 amide bonds. The highest BCUT2D eigenvalue weighted by atomic mass is 16.5. The Balaban J connectivity index is 1.46. The van der Waals surface area contributed by atoms with Gasteiger partial charge in [-0.15, -0.1) is 0 Å². The summed E-state index contributed by atoms with van der Waals surface area (Å²) in [5.74, 6) is 0.602. The van der Waals surface area contributed by atoms with Crippen molar-refractivity contribution in [2.75, 3.05) is 30.6 Å². The Kier molecular flexibility index (Phi) is 8.83. The van der Waals surface area contributed by atoms with E-state index in [2.05, 4.69) is 10.6 Å². The number of pyridine rings is 1. The highest BCUT2D eigenvalue weighted by molar-refractivity contribution is 6.05. The van der Waals surface area contributed by atoms with Gasteiger partial charge in [-0.25, -0.2) is 0 Å². The van der Waals surface area contributed by atoms with Crippen molar-refractivity contribution >= 4 is 39.8 Å². The number of unbranched alkanes of at least 4 members (excludes halogenated alkanes) is 2. The number of nitrogens with zero attached hydrogens (tertiary/aromatic N) is 1. The standard InChI is InChI=1S/C30H32N4O5/c1-38-21-13-11-20(12-14-21)32-30(37)24-19-34(27-16-15-22(39-2)18-23(27)29(24)36)17-7-3-4-10-28(35)33-26-9-6-5-8-25(26)31/h5-6,8-9,11-16,18-19H,3-4,7,10,17,31H2,1-2H3,(H,32,37)(H,33,35). The second-order valence-corrected chi connectivity index (χ2v) is 9.08. The van der Waals surface area contributed by atoms with Gasteiger partial charge in [-0.1, -0.05) is 18.6 Å². The van der Waals surface area contributed by atoms with E-state index in [-0.39, 0.29) is 16.9 Å². The number of ether oxygens (including phenoxy) is 2. The summed E-state index contributed by atoms with van der Waals surface area (Å²) in [7, 11) is 3.09. The number of benzene rings is 3. The molecule has 0 spiro atoms. The molecule has 4 N–H and O–H groups in total. The molecule has 0 fully saturated rings. The number of fused-ring (bicyclic) bond motifs is 1. The SMILES string of the molecule is COc1ccc(NC(=O)c2cn(CCCCCC(=O)Nc3ccccc3N)c3ccc(OC)cc3c2=O)cc1. The highest BCUT2D eigenvalue weighted by Crippen LogP contribution is 2.22. The van der Waals surface area contributed by atoms with E-state index in [1.807, 2.05) is 22.8 Å². The summed E-state index contributed by atoms with van der Waals surface area (Å²) in [5.41, 5.74) is 7.95. The van der Waals surface area contributed by atoms with Gasteiger partial charge in [0.1, 0.15) is 17.1 Å². The van der Waals surface area contributed by atoms with Crippen molar-refractivity contribution in [2.24, 2.45) is 0 Å². The zero-order valence-electron chi connectivity index (χ0n) is 22.0. The number of rotatable bonds is 11. The molecule has 0 saturated heterocycles. The summed E-state index contributed by atoms with van der Waals surface area (Å²) >= 11 is 0. The van der Waals surface area contributed by atoms with Gasteiger partial charge in [0.25, 0.3) is 5.91 Å². The topological polar surface area (TPSA) is 125 Å². The molecule has 202 valence electrons. The van der Waals surface area contributed by atoms with E-state index in [0.29, 0.717) is 58.9 Å². The number of hydrogen-bond donors (Lipinski definition) is 3. The lowest BCUT2D eigenvalue weighted by molar-refractivity contribution is -0.116. The van der Waals surface area contributed by atoms with Crippen LogP contribution in [0, 0.1) is 0 Å². The number of nitrogens with one attached hydrogen (secondary N) is 2. The monoisotopic (exact) mass is 528 g/mol. The first kappa shape index (κ1) is 27.3. The van der Waals surface area contributed by atoms with Crippen LogP contribution < -0.4 is 31.3 Å². The fraction of sp³-hybridized carbons (Fsp3) is 0.233. The molecule has 0 saturated carbocycles. The van der Waals surface area contributed by atoms with Gasteiger partial charge in [-0.2, -0.15) is 0 Å². The van der Waals surface area contributed by atoms with Crippen LogP contribution in [-0.4, -0.2) is 30.6 Å². The third kappa shape index (κ3) is 6.75. The van der Waals surface area contributed by atoms with Gasteiger partial charge in [-0.05, 0) is 67.4 Å². The van der Waals surface area contributed by atoms with Gasteiger partial charge >= 0.3 is 0 Å². The number of para-hydroxylation sites is 2. The van der Waals surface area contributed by atoms with Crippen LogP contribution in [0.3, 0.4) is 0 Å². The average molecular weight is 529 g/mol. The molecule has 4 aromatic rings.